The normalized spacial score (nSPS) is 20.1. The summed E-state index contributed by atoms with van der Waals surface area (Å²) in [5.74, 6) is 1.19. The van der Waals surface area contributed by atoms with Gasteiger partial charge in [0, 0.05) is 22.8 Å². The lowest BCUT2D eigenvalue weighted by molar-refractivity contribution is -0.119. The summed E-state index contributed by atoms with van der Waals surface area (Å²) in [7, 11) is 0. The van der Waals surface area contributed by atoms with Crippen LogP contribution in [0, 0.1) is 12.8 Å². The molecule has 3 nitrogen and oxygen atoms in total. The van der Waals surface area contributed by atoms with Crippen molar-refractivity contribution >= 4 is 40.7 Å². The van der Waals surface area contributed by atoms with E-state index < -0.39 is 0 Å². The second-order valence-corrected chi connectivity index (χ2v) is 7.69. The Labute approximate surface area is 150 Å². The maximum absolute atomic E-state index is 12.6. The van der Waals surface area contributed by atoms with E-state index in [0.717, 1.165) is 44.6 Å². The molecule has 0 aliphatic carbocycles. The number of anilines is 1. The average Bonchev–Trinajstić information content (AvgIpc) is 2.75. The number of amides is 1. The van der Waals surface area contributed by atoms with E-state index in [-0.39, 0.29) is 11.8 Å². The van der Waals surface area contributed by atoms with Gasteiger partial charge in [0.1, 0.15) is 0 Å². The maximum Gasteiger partial charge on any atom is 0.248 e. The largest absolute Gasteiger partial charge is 0.273 e. The minimum absolute atomic E-state index is 0.0584. The van der Waals surface area contributed by atoms with Gasteiger partial charge in [-0.25, -0.2) is 5.01 Å². The number of nitrogens with zero attached hydrogens (tertiary/aromatic N) is 2. The number of hydrazone groups is 1. The summed E-state index contributed by atoms with van der Waals surface area (Å²) >= 11 is 8.15. The van der Waals surface area contributed by atoms with Crippen molar-refractivity contribution < 1.29 is 4.79 Å². The fourth-order valence-corrected chi connectivity index (χ4v) is 4.68. The lowest BCUT2D eigenvalue weighted by atomic mass is 9.90. The molecule has 2 aromatic rings. The molecule has 2 aliphatic rings. The van der Waals surface area contributed by atoms with Gasteiger partial charge in [-0.2, -0.15) is 5.10 Å². The van der Waals surface area contributed by atoms with E-state index in [0.29, 0.717) is 6.42 Å². The van der Waals surface area contributed by atoms with E-state index in [1.54, 1.807) is 16.8 Å². The predicted molar refractivity (Wildman–Crippen MR) is 100 cm³/mol. The van der Waals surface area contributed by atoms with Gasteiger partial charge < -0.3 is 0 Å². The Morgan fingerprint density at radius 2 is 2.00 bits per heavy atom. The second kappa shape index (κ2) is 6.26. The van der Waals surface area contributed by atoms with Gasteiger partial charge in [0.2, 0.25) is 5.91 Å². The summed E-state index contributed by atoms with van der Waals surface area (Å²) in [6.45, 7) is 2.03. The molecule has 5 heteroatoms. The Bertz CT molecular complexity index is 832. The van der Waals surface area contributed by atoms with Crippen molar-refractivity contribution in [3.63, 3.8) is 0 Å². The highest BCUT2D eigenvalue weighted by Crippen LogP contribution is 2.39. The van der Waals surface area contributed by atoms with Crippen LogP contribution in [0.1, 0.15) is 24.0 Å². The molecular weight excluding hydrogens is 340 g/mol. The van der Waals surface area contributed by atoms with Crippen LogP contribution >= 0.6 is 23.4 Å². The van der Waals surface area contributed by atoms with E-state index in [4.69, 9.17) is 16.7 Å². The number of aryl methyl sites for hydroxylation is 1. The maximum atomic E-state index is 12.6. The van der Waals surface area contributed by atoms with Crippen molar-refractivity contribution in [2.24, 2.45) is 11.0 Å². The molecule has 0 radical (unpaired) electrons. The molecule has 0 aromatic heterocycles. The van der Waals surface area contributed by atoms with Crippen molar-refractivity contribution in [3.05, 3.63) is 58.6 Å². The molecule has 0 fully saturated rings. The Kier molecular flexibility index (Phi) is 4.10. The average molecular weight is 357 g/mol. The van der Waals surface area contributed by atoms with Gasteiger partial charge in [0.05, 0.1) is 16.4 Å². The third kappa shape index (κ3) is 2.74. The first-order chi connectivity index (χ1) is 11.6. The second-order valence-electron chi connectivity index (χ2n) is 6.18. The zero-order chi connectivity index (χ0) is 16.7. The Balaban J connectivity index is 1.83. The summed E-state index contributed by atoms with van der Waals surface area (Å²) < 4.78 is 0. The molecule has 0 bridgehead atoms. The molecule has 24 heavy (non-hydrogen) atoms. The van der Waals surface area contributed by atoms with E-state index in [1.165, 1.54) is 0 Å². The highest BCUT2D eigenvalue weighted by Gasteiger charge is 2.34. The number of hydrogen-bond donors (Lipinski definition) is 0. The molecule has 4 rings (SSSR count). The van der Waals surface area contributed by atoms with Crippen LogP contribution in [-0.4, -0.2) is 17.4 Å². The molecule has 0 spiro atoms. The van der Waals surface area contributed by atoms with Crippen molar-refractivity contribution in [1.29, 1.82) is 0 Å². The quantitative estimate of drug-likeness (QED) is 0.727. The first-order valence-corrected chi connectivity index (χ1v) is 9.39. The third-order valence-electron chi connectivity index (χ3n) is 4.49. The summed E-state index contributed by atoms with van der Waals surface area (Å²) in [5.41, 5.74) is 4.03. The van der Waals surface area contributed by atoms with Gasteiger partial charge in [-0.15, -0.1) is 11.8 Å². The van der Waals surface area contributed by atoms with Crippen LogP contribution in [0.4, 0.5) is 5.69 Å². The lowest BCUT2D eigenvalue weighted by Gasteiger charge is -2.29. The topological polar surface area (TPSA) is 32.7 Å². The number of rotatable bonds is 1. The SMILES string of the molecule is Cc1ccc(N2N=C3c4cccc(Cl)c4SCCC3CC2=O)cc1. The van der Waals surface area contributed by atoms with Gasteiger partial charge in [0.15, 0.2) is 0 Å². The number of hydrogen-bond acceptors (Lipinski definition) is 3. The molecule has 122 valence electrons. The monoisotopic (exact) mass is 356 g/mol. The lowest BCUT2D eigenvalue weighted by Crippen LogP contribution is -2.37. The molecule has 0 saturated heterocycles. The van der Waals surface area contributed by atoms with Gasteiger partial charge in [-0.1, -0.05) is 41.4 Å². The fraction of sp³-hybridized carbons (Fsp3) is 0.263. The van der Waals surface area contributed by atoms with E-state index >= 15 is 0 Å². The molecule has 0 N–H and O–H groups in total. The highest BCUT2D eigenvalue weighted by molar-refractivity contribution is 7.99. The van der Waals surface area contributed by atoms with Crippen LogP contribution in [0.2, 0.25) is 5.02 Å². The number of carbonyl (C=O) groups excluding carboxylic acids is 1. The van der Waals surface area contributed by atoms with Crippen molar-refractivity contribution in [2.75, 3.05) is 10.8 Å². The number of fused-ring (bicyclic) bond motifs is 3. The Hall–Kier alpha value is -1.78. The standard InChI is InChI=1S/C19H17ClN2OS/c1-12-5-7-14(8-6-12)22-17(23)11-13-9-10-24-19-15(18(13)21-22)3-2-4-16(19)20/h2-8,13H,9-11H2,1H3. The number of thioether (sulfide) groups is 1. The summed E-state index contributed by atoms with van der Waals surface area (Å²) in [5, 5.41) is 7.07. The van der Waals surface area contributed by atoms with Crippen molar-refractivity contribution in [2.45, 2.75) is 24.7 Å². The van der Waals surface area contributed by atoms with Gasteiger partial charge in [0.25, 0.3) is 0 Å². The van der Waals surface area contributed by atoms with Crippen LogP contribution in [0.15, 0.2) is 52.5 Å². The summed E-state index contributed by atoms with van der Waals surface area (Å²) in [4.78, 5) is 13.7. The Morgan fingerprint density at radius 3 is 2.79 bits per heavy atom. The summed E-state index contributed by atoms with van der Waals surface area (Å²) in [6.07, 6.45) is 1.45. The van der Waals surface area contributed by atoms with Gasteiger partial charge in [-0.3, -0.25) is 4.79 Å². The van der Waals surface area contributed by atoms with Crippen LogP contribution in [0.25, 0.3) is 0 Å². The molecule has 2 aliphatic heterocycles. The number of halogens is 1. The fourth-order valence-electron chi connectivity index (χ4n) is 3.20. The number of benzene rings is 2. The van der Waals surface area contributed by atoms with Crippen LogP contribution < -0.4 is 5.01 Å². The van der Waals surface area contributed by atoms with Gasteiger partial charge in [-0.05, 0) is 37.3 Å². The van der Waals surface area contributed by atoms with E-state index in [1.807, 2.05) is 43.3 Å². The molecule has 0 saturated carbocycles. The van der Waals surface area contributed by atoms with Gasteiger partial charge >= 0.3 is 0 Å². The molecular formula is C19H17ClN2OS. The number of carbonyl (C=O) groups is 1. The molecule has 2 aromatic carbocycles. The first-order valence-electron chi connectivity index (χ1n) is 8.03. The molecule has 1 unspecified atom stereocenters. The zero-order valence-electron chi connectivity index (χ0n) is 13.3. The van der Waals surface area contributed by atoms with Crippen LogP contribution in [0.3, 0.4) is 0 Å². The minimum atomic E-state index is 0.0584. The predicted octanol–water partition coefficient (Wildman–Crippen LogP) is 4.90. The van der Waals surface area contributed by atoms with E-state index in [9.17, 15) is 4.79 Å². The van der Waals surface area contributed by atoms with Crippen molar-refractivity contribution in [3.8, 4) is 0 Å². The smallest absolute Gasteiger partial charge is 0.248 e. The van der Waals surface area contributed by atoms with E-state index in [2.05, 4.69) is 6.07 Å². The molecule has 1 amide bonds. The first kappa shape index (κ1) is 15.7. The Morgan fingerprint density at radius 1 is 1.21 bits per heavy atom. The molecule has 2 heterocycles. The zero-order valence-corrected chi connectivity index (χ0v) is 14.9. The highest BCUT2D eigenvalue weighted by atomic mass is 35.5. The third-order valence-corrected chi connectivity index (χ3v) is 6.08. The van der Waals surface area contributed by atoms with Crippen LogP contribution in [-0.2, 0) is 4.79 Å². The molecule has 1 atom stereocenters. The van der Waals surface area contributed by atoms with Crippen molar-refractivity contribution in [1.82, 2.24) is 0 Å². The summed E-state index contributed by atoms with van der Waals surface area (Å²) in [6, 6.07) is 13.8. The van der Waals surface area contributed by atoms with Crippen LogP contribution in [0.5, 0.6) is 0 Å². The minimum Gasteiger partial charge on any atom is -0.273 e.